The van der Waals surface area contributed by atoms with Gasteiger partial charge in [0.15, 0.2) is 0 Å². The van der Waals surface area contributed by atoms with Gasteiger partial charge in [-0.25, -0.2) is 4.39 Å². The fourth-order valence-electron chi connectivity index (χ4n) is 1.76. The van der Waals surface area contributed by atoms with Crippen LogP contribution in [0.1, 0.15) is 16.7 Å². The summed E-state index contributed by atoms with van der Waals surface area (Å²) in [5, 5.41) is 0. The summed E-state index contributed by atoms with van der Waals surface area (Å²) in [4.78, 5) is 0. The second-order valence-corrected chi connectivity index (χ2v) is 3.95. The molecule has 2 rings (SSSR count). The van der Waals surface area contributed by atoms with Gasteiger partial charge in [-0.3, -0.25) is 0 Å². The number of rotatable bonds is 2. The number of hydrogen-bond acceptors (Lipinski definition) is 1. The molecule has 2 heteroatoms. The number of aryl methyl sites for hydroxylation is 1. The number of para-hydroxylation sites is 1. The molecule has 2 N–H and O–H groups in total. The van der Waals surface area contributed by atoms with Gasteiger partial charge in [-0.2, -0.15) is 0 Å². The highest BCUT2D eigenvalue weighted by atomic mass is 19.1. The zero-order valence-corrected chi connectivity index (χ0v) is 9.20. The van der Waals surface area contributed by atoms with E-state index in [1.54, 1.807) is 12.1 Å². The first-order valence-electron chi connectivity index (χ1n) is 5.25. The van der Waals surface area contributed by atoms with E-state index in [9.17, 15) is 4.39 Å². The zero-order valence-electron chi connectivity index (χ0n) is 9.20. The first kappa shape index (κ1) is 10.7. The smallest absolute Gasteiger partial charge is 0.123 e. The third-order valence-corrected chi connectivity index (χ3v) is 2.70. The second-order valence-electron chi connectivity index (χ2n) is 3.95. The monoisotopic (exact) mass is 215 g/mol. The van der Waals surface area contributed by atoms with Crippen molar-refractivity contribution in [3.05, 3.63) is 65.0 Å². The normalized spacial score (nSPS) is 10.4. The SMILES string of the molecule is Cc1cccc(Cc2cccc(F)c2)c1N. The van der Waals surface area contributed by atoms with Crippen molar-refractivity contribution in [1.29, 1.82) is 0 Å². The second kappa shape index (κ2) is 4.35. The Morgan fingerprint density at radius 1 is 1.12 bits per heavy atom. The van der Waals surface area contributed by atoms with Crippen molar-refractivity contribution in [1.82, 2.24) is 0 Å². The minimum atomic E-state index is -0.205. The van der Waals surface area contributed by atoms with Crippen molar-refractivity contribution in [2.45, 2.75) is 13.3 Å². The molecule has 0 aliphatic rings. The summed E-state index contributed by atoms with van der Waals surface area (Å²) >= 11 is 0. The lowest BCUT2D eigenvalue weighted by Crippen LogP contribution is -1.98. The predicted octanol–water partition coefficient (Wildman–Crippen LogP) is 3.31. The Kier molecular flexibility index (Phi) is 2.91. The first-order chi connectivity index (χ1) is 7.66. The van der Waals surface area contributed by atoms with E-state index in [2.05, 4.69) is 0 Å². The van der Waals surface area contributed by atoms with E-state index in [1.807, 2.05) is 31.2 Å². The molecule has 0 saturated heterocycles. The van der Waals surface area contributed by atoms with Gasteiger partial charge in [0.2, 0.25) is 0 Å². The molecule has 1 nitrogen and oxygen atoms in total. The quantitative estimate of drug-likeness (QED) is 0.764. The lowest BCUT2D eigenvalue weighted by molar-refractivity contribution is 0.626. The van der Waals surface area contributed by atoms with Gasteiger partial charge in [-0.05, 0) is 42.2 Å². The summed E-state index contributed by atoms with van der Waals surface area (Å²) in [5.41, 5.74) is 9.83. The maximum Gasteiger partial charge on any atom is 0.123 e. The molecule has 0 amide bonds. The average Bonchev–Trinajstić information content (AvgIpc) is 2.25. The minimum Gasteiger partial charge on any atom is -0.398 e. The largest absolute Gasteiger partial charge is 0.398 e. The molecule has 0 radical (unpaired) electrons. The van der Waals surface area contributed by atoms with Gasteiger partial charge in [-0.1, -0.05) is 30.3 Å². The van der Waals surface area contributed by atoms with Crippen molar-refractivity contribution < 1.29 is 4.39 Å². The van der Waals surface area contributed by atoms with Crippen LogP contribution >= 0.6 is 0 Å². The molecule has 16 heavy (non-hydrogen) atoms. The van der Waals surface area contributed by atoms with E-state index >= 15 is 0 Å². The fourth-order valence-corrected chi connectivity index (χ4v) is 1.76. The topological polar surface area (TPSA) is 26.0 Å². The Hall–Kier alpha value is -1.83. The number of nitrogen functional groups attached to an aromatic ring is 1. The van der Waals surface area contributed by atoms with Gasteiger partial charge in [0.05, 0.1) is 0 Å². The van der Waals surface area contributed by atoms with E-state index in [0.717, 1.165) is 22.4 Å². The van der Waals surface area contributed by atoms with E-state index in [-0.39, 0.29) is 5.82 Å². The number of nitrogens with two attached hydrogens (primary N) is 1. The molecule has 0 heterocycles. The molecule has 82 valence electrons. The fraction of sp³-hybridized carbons (Fsp3) is 0.143. The number of halogens is 1. The predicted molar refractivity (Wildman–Crippen MR) is 64.8 cm³/mol. The van der Waals surface area contributed by atoms with Gasteiger partial charge in [0.25, 0.3) is 0 Å². The number of hydrogen-bond donors (Lipinski definition) is 1. The third-order valence-electron chi connectivity index (χ3n) is 2.70. The molecule has 0 atom stereocenters. The van der Waals surface area contributed by atoms with Gasteiger partial charge in [0, 0.05) is 5.69 Å². The van der Waals surface area contributed by atoms with Crippen LogP contribution < -0.4 is 5.73 Å². The van der Waals surface area contributed by atoms with Crippen molar-refractivity contribution in [3.8, 4) is 0 Å². The Morgan fingerprint density at radius 3 is 2.62 bits per heavy atom. The Morgan fingerprint density at radius 2 is 1.88 bits per heavy atom. The zero-order chi connectivity index (χ0) is 11.5. The lowest BCUT2D eigenvalue weighted by atomic mass is 10.0. The van der Waals surface area contributed by atoms with E-state index in [0.29, 0.717) is 6.42 Å². The number of benzene rings is 2. The molecule has 0 fully saturated rings. The molecular weight excluding hydrogens is 201 g/mol. The molecule has 0 spiro atoms. The van der Waals surface area contributed by atoms with Crippen LogP contribution in [0.4, 0.5) is 10.1 Å². The minimum absolute atomic E-state index is 0.205. The van der Waals surface area contributed by atoms with Crippen LogP contribution in [0.15, 0.2) is 42.5 Å². The van der Waals surface area contributed by atoms with Gasteiger partial charge >= 0.3 is 0 Å². The highest BCUT2D eigenvalue weighted by molar-refractivity contribution is 5.54. The Balaban J connectivity index is 2.31. The first-order valence-corrected chi connectivity index (χ1v) is 5.25. The highest BCUT2D eigenvalue weighted by Crippen LogP contribution is 2.20. The Bertz CT molecular complexity index is 506. The van der Waals surface area contributed by atoms with Crippen LogP contribution in [0, 0.1) is 12.7 Å². The van der Waals surface area contributed by atoms with Crippen molar-refractivity contribution in [3.63, 3.8) is 0 Å². The Labute approximate surface area is 94.7 Å². The third kappa shape index (κ3) is 2.22. The maximum absolute atomic E-state index is 13.0. The summed E-state index contributed by atoms with van der Waals surface area (Å²) in [6.07, 6.45) is 0.672. The standard InChI is InChI=1S/C14H14FN/c1-10-4-2-6-12(14(10)16)8-11-5-3-7-13(15)9-11/h2-7,9H,8,16H2,1H3. The van der Waals surface area contributed by atoms with Crippen molar-refractivity contribution >= 4 is 5.69 Å². The molecule has 0 saturated carbocycles. The average molecular weight is 215 g/mol. The maximum atomic E-state index is 13.0. The van der Waals surface area contributed by atoms with Crippen LogP contribution in [0.5, 0.6) is 0 Å². The number of anilines is 1. The van der Waals surface area contributed by atoms with Gasteiger partial charge in [-0.15, -0.1) is 0 Å². The summed E-state index contributed by atoms with van der Waals surface area (Å²) in [7, 11) is 0. The summed E-state index contributed by atoms with van der Waals surface area (Å²) in [6, 6.07) is 12.5. The van der Waals surface area contributed by atoms with Crippen molar-refractivity contribution in [2.24, 2.45) is 0 Å². The van der Waals surface area contributed by atoms with Crippen molar-refractivity contribution in [2.75, 3.05) is 5.73 Å². The lowest BCUT2D eigenvalue weighted by Gasteiger charge is -2.08. The molecule has 0 aromatic heterocycles. The molecule has 0 aliphatic carbocycles. The summed E-state index contributed by atoms with van der Waals surface area (Å²) in [6.45, 7) is 1.98. The van der Waals surface area contributed by atoms with Crippen LogP contribution in [-0.4, -0.2) is 0 Å². The highest BCUT2D eigenvalue weighted by Gasteiger charge is 2.03. The van der Waals surface area contributed by atoms with Gasteiger partial charge in [0.1, 0.15) is 5.82 Å². The van der Waals surface area contributed by atoms with Crippen LogP contribution in [0.2, 0.25) is 0 Å². The van der Waals surface area contributed by atoms with Gasteiger partial charge < -0.3 is 5.73 Å². The van der Waals surface area contributed by atoms with E-state index in [1.165, 1.54) is 6.07 Å². The summed E-state index contributed by atoms with van der Waals surface area (Å²) < 4.78 is 13.0. The molecule has 2 aromatic rings. The van der Waals surface area contributed by atoms with Crippen LogP contribution in [-0.2, 0) is 6.42 Å². The molecule has 2 aromatic carbocycles. The van der Waals surface area contributed by atoms with E-state index in [4.69, 9.17) is 5.73 Å². The van der Waals surface area contributed by atoms with Crippen LogP contribution in [0.3, 0.4) is 0 Å². The van der Waals surface area contributed by atoms with E-state index < -0.39 is 0 Å². The molecule has 0 unspecified atom stereocenters. The summed E-state index contributed by atoms with van der Waals surface area (Å²) in [5.74, 6) is -0.205. The molecule has 0 bridgehead atoms. The molecule has 0 aliphatic heterocycles. The molecular formula is C14H14FN. The van der Waals surface area contributed by atoms with Crippen LogP contribution in [0.25, 0.3) is 0 Å².